The minimum atomic E-state index is -0.135. The lowest BCUT2D eigenvalue weighted by molar-refractivity contribution is -0.0402. The van der Waals surface area contributed by atoms with E-state index in [0.29, 0.717) is 66.6 Å². The van der Waals surface area contributed by atoms with Gasteiger partial charge in [0.15, 0.2) is 5.82 Å². The summed E-state index contributed by atoms with van der Waals surface area (Å²) in [5.74, 6) is 4.19. The molecular formula is C28H32N8O4. The maximum Gasteiger partial charge on any atom is 0.240 e. The number of hydrogen-bond acceptors (Lipinski definition) is 10. The van der Waals surface area contributed by atoms with Gasteiger partial charge in [-0.15, -0.1) is 5.10 Å². The number of hydrogen-bond donors (Lipinski definition) is 1. The van der Waals surface area contributed by atoms with Crippen LogP contribution in [-0.2, 0) is 11.8 Å². The lowest BCUT2D eigenvalue weighted by atomic mass is 10.1. The van der Waals surface area contributed by atoms with Gasteiger partial charge in [0.05, 0.1) is 50.3 Å². The molecule has 1 saturated carbocycles. The van der Waals surface area contributed by atoms with Crippen LogP contribution in [0.15, 0.2) is 36.9 Å². The van der Waals surface area contributed by atoms with Crippen molar-refractivity contribution in [3.63, 3.8) is 0 Å². The smallest absolute Gasteiger partial charge is 0.240 e. The predicted octanol–water partition coefficient (Wildman–Crippen LogP) is 4.18. The van der Waals surface area contributed by atoms with Gasteiger partial charge in [-0.2, -0.15) is 5.10 Å². The van der Waals surface area contributed by atoms with Gasteiger partial charge in [-0.05, 0) is 32.3 Å². The molecule has 0 aromatic carbocycles. The quantitative estimate of drug-likeness (QED) is 0.378. The first kappa shape index (κ1) is 24.8. The Hall–Kier alpha value is -4.19. The van der Waals surface area contributed by atoms with Gasteiger partial charge >= 0.3 is 0 Å². The van der Waals surface area contributed by atoms with Crippen LogP contribution in [0.25, 0.3) is 22.5 Å². The predicted molar refractivity (Wildman–Crippen MR) is 146 cm³/mol. The number of rotatable bonds is 6. The zero-order valence-electron chi connectivity index (χ0n) is 22.6. The summed E-state index contributed by atoms with van der Waals surface area (Å²) >= 11 is 0. The second-order valence-corrected chi connectivity index (χ2v) is 10.6. The molecular weight excluding hydrogens is 512 g/mol. The van der Waals surface area contributed by atoms with E-state index in [0.717, 1.165) is 49.2 Å². The summed E-state index contributed by atoms with van der Waals surface area (Å²) in [5, 5.41) is 12.5. The van der Waals surface area contributed by atoms with Gasteiger partial charge in [0, 0.05) is 49.6 Å². The third kappa shape index (κ3) is 5.06. The fraction of sp³-hybridized carbons (Fsp3) is 0.464. The average molecular weight is 545 g/mol. The highest BCUT2D eigenvalue weighted by molar-refractivity contribution is 5.75. The molecule has 12 heteroatoms. The number of anilines is 2. The van der Waals surface area contributed by atoms with Crippen LogP contribution in [0.2, 0.25) is 0 Å². The maximum absolute atomic E-state index is 6.53. The molecule has 0 spiro atoms. The van der Waals surface area contributed by atoms with E-state index in [-0.39, 0.29) is 6.10 Å². The van der Waals surface area contributed by atoms with Crippen molar-refractivity contribution >= 4 is 11.6 Å². The van der Waals surface area contributed by atoms with Gasteiger partial charge in [-0.25, -0.2) is 19.6 Å². The van der Waals surface area contributed by atoms with E-state index in [1.165, 1.54) is 0 Å². The van der Waals surface area contributed by atoms with E-state index in [4.69, 9.17) is 29.0 Å². The molecule has 4 aromatic heterocycles. The third-order valence-electron chi connectivity index (χ3n) is 7.38. The number of fused-ring (bicyclic) bond motifs is 6. The minimum Gasteiger partial charge on any atom is -0.490 e. The summed E-state index contributed by atoms with van der Waals surface area (Å²) in [6.45, 7) is 4.68. The lowest BCUT2D eigenvalue weighted by Gasteiger charge is -2.25. The summed E-state index contributed by atoms with van der Waals surface area (Å²) in [5.41, 5.74) is 2.43. The van der Waals surface area contributed by atoms with Crippen LogP contribution in [0.4, 0.5) is 11.6 Å². The van der Waals surface area contributed by atoms with Crippen LogP contribution < -0.4 is 19.5 Å². The van der Waals surface area contributed by atoms with Crippen molar-refractivity contribution < 1.29 is 18.9 Å². The number of pyridine rings is 1. The van der Waals surface area contributed by atoms with Crippen molar-refractivity contribution in [1.29, 1.82) is 0 Å². The molecule has 6 heterocycles. The summed E-state index contributed by atoms with van der Waals surface area (Å²) in [7, 11) is 1.84. The van der Waals surface area contributed by atoms with E-state index in [1.54, 1.807) is 23.1 Å². The number of ether oxygens (including phenoxy) is 4. The molecule has 4 aromatic rings. The molecule has 1 N–H and O–H groups in total. The molecule has 3 aliphatic rings. The minimum absolute atomic E-state index is 0.135. The van der Waals surface area contributed by atoms with Gasteiger partial charge in [-0.1, -0.05) is 0 Å². The molecule has 2 fully saturated rings. The van der Waals surface area contributed by atoms with E-state index in [9.17, 15) is 0 Å². The van der Waals surface area contributed by atoms with Crippen molar-refractivity contribution in [1.82, 2.24) is 34.5 Å². The van der Waals surface area contributed by atoms with Gasteiger partial charge in [0.2, 0.25) is 11.8 Å². The van der Waals surface area contributed by atoms with Crippen molar-refractivity contribution in [3.8, 4) is 40.0 Å². The van der Waals surface area contributed by atoms with Crippen LogP contribution in [0, 0.1) is 5.92 Å². The zero-order valence-corrected chi connectivity index (χ0v) is 22.6. The van der Waals surface area contributed by atoms with Crippen LogP contribution in [-0.4, -0.2) is 67.0 Å². The Balaban J connectivity index is 1.23. The number of nitrogens with zero attached hydrogens (tertiary/aromatic N) is 7. The lowest BCUT2D eigenvalue weighted by Crippen LogP contribution is -2.28. The number of aryl methyl sites for hydroxylation is 1. The Bertz CT molecular complexity index is 1510. The molecule has 0 amide bonds. The highest BCUT2D eigenvalue weighted by Gasteiger charge is 2.28. The fourth-order valence-corrected chi connectivity index (χ4v) is 4.81. The molecule has 40 heavy (non-hydrogen) atoms. The van der Waals surface area contributed by atoms with Crippen LogP contribution >= 0.6 is 0 Å². The normalized spacial score (nSPS) is 18.9. The summed E-state index contributed by atoms with van der Waals surface area (Å²) in [6, 6.07) is 4.11. The molecule has 7 rings (SSSR count). The van der Waals surface area contributed by atoms with Gasteiger partial charge in [0.25, 0.3) is 0 Å². The van der Waals surface area contributed by atoms with E-state index in [1.807, 2.05) is 30.9 Å². The number of nitrogens with one attached hydrogen (secondary N) is 1. The summed E-state index contributed by atoms with van der Waals surface area (Å²) < 4.78 is 27.9. The van der Waals surface area contributed by atoms with Crippen LogP contribution in [0.3, 0.4) is 0 Å². The van der Waals surface area contributed by atoms with Gasteiger partial charge in [0.1, 0.15) is 22.9 Å². The largest absolute Gasteiger partial charge is 0.490 e. The Morgan fingerprint density at radius 1 is 1.07 bits per heavy atom. The van der Waals surface area contributed by atoms with Crippen molar-refractivity contribution in [2.24, 2.45) is 13.0 Å². The average Bonchev–Trinajstić information content (AvgIpc) is 3.59. The van der Waals surface area contributed by atoms with Crippen LogP contribution in [0.5, 0.6) is 17.5 Å². The first-order valence-electron chi connectivity index (χ1n) is 13.8. The molecule has 2 aliphatic heterocycles. The molecule has 0 radical (unpaired) electrons. The highest BCUT2D eigenvalue weighted by atomic mass is 16.5. The molecule has 208 valence electrons. The molecule has 1 atom stereocenters. The molecule has 0 unspecified atom stereocenters. The highest BCUT2D eigenvalue weighted by Crippen LogP contribution is 2.42. The monoisotopic (exact) mass is 544 g/mol. The zero-order chi connectivity index (χ0) is 27.1. The Morgan fingerprint density at radius 2 is 1.98 bits per heavy atom. The van der Waals surface area contributed by atoms with Crippen molar-refractivity contribution in [2.45, 2.75) is 44.8 Å². The SMILES string of the molecule is C[C@H]1CCOc2c(cnn2C)-c2nccc(n2)Nc2cc(c(-c3cn(C4CC4)nc3OCCC3COC3)cn2)O1. The Labute approximate surface area is 231 Å². The van der Waals surface area contributed by atoms with Crippen molar-refractivity contribution in [2.75, 3.05) is 31.7 Å². The van der Waals surface area contributed by atoms with Gasteiger partial charge in [-0.3, -0.25) is 4.68 Å². The van der Waals surface area contributed by atoms with E-state index < -0.39 is 0 Å². The first-order chi connectivity index (χ1) is 19.6. The molecule has 1 aliphatic carbocycles. The standard InChI is InChI=1S/C28H32N8O4/c1-17-6-9-39-28-21(13-31-35(28)2)26-29-8-5-24(33-26)32-25-11-23(40-17)20(12-30-25)22-14-36(19-3-4-19)34-27(22)38-10-7-18-15-37-16-18/h5,8,11-14,17-19H,3-4,6-7,9-10,15-16H2,1-2H3,(H,29,30,32,33)/t17-/m0/s1. The van der Waals surface area contributed by atoms with Crippen molar-refractivity contribution in [3.05, 3.63) is 36.9 Å². The topological polar surface area (TPSA) is 123 Å². The van der Waals surface area contributed by atoms with Gasteiger partial charge < -0.3 is 24.3 Å². The Morgan fingerprint density at radius 3 is 2.80 bits per heavy atom. The van der Waals surface area contributed by atoms with Crippen LogP contribution in [0.1, 0.15) is 38.6 Å². The molecule has 4 bridgehead atoms. The van der Waals surface area contributed by atoms with E-state index in [2.05, 4.69) is 26.6 Å². The molecule has 1 saturated heterocycles. The summed E-state index contributed by atoms with van der Waals surface area (Å²) in [6.07, 6.45) is 11.0. The first-order valence-corrected chi connectivity index (χ1v) is 13.8. The van der Waals surface area contributed by atoms with E-state index >= 15 is 0 Å². The summed E-state index contributed by atoms with van der Waals surface area (Å²) in [4.78, 5) is 13.9. The second-order valence-electron chi connectivity index (χ2n) is 10.6. The second kappa shape index (κ2) is 10.4. The Kier molecular flexibility index (Phi) is 6.46. The number of aromatic nitrogens is 7. The molecule has 12 nitrogen and oxygen atoms in total. The fourth-order valence-electron chi connectivity index (χ4n) is 4.81. The maximum atomic E-state index is 6.53. The third-order valence-corrected chi connectivity index (χ3v) is 7.38.